The van der Waals surface area contributed by atoms with Crippen molar-refractivity contribution in [3.8, 4) is 55.6 Å². The first-order chi connectivity index (χ1) is 29.8. The Balaban J connectivity index is 1.01. The van der Waals surface area contributed by atoms with Crippen LogP contribution in [0.4, 0.5) is 17.1 Å². The lowest BCUT2D eigenvalue weighted by molar-refractivity contribution is 0.794. The van der Waals surface area contributed by atoms with Crippen molar-refractivity contribution in [1.29, 1.82) is 0 Å². The number of benzene rings is 9. The van der Waals surface area contributed by atoms with E-state index < -0.39 is 5.41 Å². The van der Waals surface area contributed by atoms with Gasteiger partial charge in [0.2, 0.25) is 0 Å². The van der Waals surface area contributed by atoms with Gasteiger partial charge in [-0.25, -0.2) is 0 Å². The molecule has 9 aromatic rings. The molecule has 60 heavy (non-hydrogen) atoms. The van der Waals surface area contributed by atoms with Crippen LogP contribution in [0.2, 0.25) is 0 Å². The number of rotatable bonds is 5. The van der Waals surface area contributed by atoms with E-state index in [1.807, 2.05) is 0 Å². The van der Waals surface area contributed by atoms with Crippen LogP contribution in [0.25, 0.3) is 72.0 Å². The molecule has 1 nitrogen and oxygen atoms in total. The van der Waals surface area contributed by atoms with Gasteiger partial charge in [0.15, 0.2) is 0 Å². The van der Waals surface area contributed by atoms with Crippen LogP contribution >= 0.6 is 0 Å². The number of hydrogen-bond acceptors (Lipinski definition) is 1. The number of nitrogens with zero attached hydrogens (tertiary/aromatic N) is 1. The van der Waals surface area contributed by atoms with E-state index in [2.05, 4.69) is 217 Å². The van der Waals surface area contributed by atoms with E-state index in [9.17, 15) is 0 Å². The monoisotopic (exact) mass is 761 g/mol. The maximum Gasteiger partial charge on any atom is 0.0726 e. The molecule has 0 heterocycles. The molecule has 9 aromatic carbocycles. The topological polar surface area (TPSA) is 3.24 Å². The minimum atomic E-state index is -0.413. The van der Waals surface area contributed by atoms with Crippen molar-refractivity contribution in [3.63, 3.8) is 0 Å². The first-order valence-electron chi connectivity index (χ1n) is 21.2. The molecule has 0 N–H and O–H groups in total. The lowest BCUT2D eigenvalue weighted by Crippen LogP contribution is -2.26. The van der Waals surface area contributed by atoms with Gasteiger partial charge < -0.3 is 4.90 Å². The zero-order valence-corrected chi connectivity index (χ0v) is 33.1. The molecule has 0 unspecified atom stereocenters. The highest BCUT2D eigenvalue weighted by molar-refractivity contribution is 6.18. The number of fused-ring (bicyclic) bond motifs is 13. The first kappa shape index (κ1) is 33.5. The van der Waals surface area contributed by atoms with Gasteiger partial charge in [0, 0.05) is 16.9 Å². The highest BCUT2D eigenvalue weighted by Gasteiger charge is 2.52. The fourth-order valence-electron chi connectivity index (χ4n) is 11.2. The molecule has 0 saturated carbocycles. The van der Waals surface area contributed by atoms with Crippen LogP contribution in [0, 0.1) is 0 Å². The van der Waals surface area contributed by atoms with Gasteiger partial charge >= 0.3 is 0 Å². The zero-order chi connectivity index (χ0) is 39.4. The van der Waals surface area contributed by atoms with E-state index in [-0.39, 0.29) is 0 Å². The molecule has 4 aliphatic rings. The summed E-state index contributed by atoms with van der Waals surface area (Å²) in [7, 11) is 0. The molecule has 0 aliphatic heterocycles. The summed E-state index contributed by atoms with van der Waals surface area (Å²) >= 11 is 0. The fraction of sp³-hybridized carbons (Fsp3) is 0.0508. The van der Waals surface area contributed by atoms with Gasteiger partial charge in [0.05, 0.1) is 11.1 Å². The SMILES string of the molecule is C1=CC(c2ccc(N(c3ccc(-c4ccc5c6c(cccc46)-c4ccccc4-5)cc3)c3cccc4c3-c3ccccc3C43c4ccccc4-c4ccccc43)cc2)=CCC1. The molecule has 0 amide bonds. The van der Waals surface area contributed by atoms with Crippen molar-refractivity contribution in [2.24, 2.45) is 0 Å². The van der Waals surface area contributed by atoms with Gasteiger partial charge in [0.1, 0.15) is 0 Å². The summed E-state index contributed by atoms with van der Waals surface area (Å²) in [6, 6.07) is 73.0. The van der Waals surface area contributed by atoms with E-state index in [0.717, 1.165) is 24.2 Å². The zero-order valence-electron chi connectivity index (χ0n) is 33.1. The van der Waals surface area contributed by atoms with Crippen LogP contribution in [0.1, 0.15) is 40.7 Å². The molecule has 0 radical (unpaired) electrons. The molecule has 0 fully saturated rings. The van der Waals surface area contributed by atoms with Gasteiger partial charge in [0.25, 0.3) is 0 Å². The molecular weight excluding hydrogens is 723 g/mol. The largest absolute Gasteiger partial charge is 0.310 e. The van der Waals surface area contributed by atoms with Crippen molar-refractivity contribution in [2.75, 3.05) is 4.90 Å². The predicted molar refractivity (Wildman–Crippen MR) is 251 cm³/mol. The predicted octanol–water partition coefficient (Wildman–Crippen LogP) is 15.7. The molecule has 4 aliphatic carbocycles. The summed E-state index contributed by atoms with van der Waals surface area (Å²) in [5.74, 6) is 0. The summed E-state index contributed by atoms with van der Waals surface area (Å²) in [4.78, 5) is 2.49. The third-order valence-corrected chi connectivity index (χ3v) is 13.7. The Hall–Kier alpha value is -7.48. The van der Waals surface area contributed by atoms with Crippen LogP contribution in [-0.2, 0) is 5.41 Å². The van der Waals surface area contributed by atoms with Gasteiger partial charge in [-0.05, 0) is 137 Å². The van der Waals surface area contributed by atoms with Gasteiger partial charge in [-0.2, -0.15) is 0 Å². The Kier molecular flexibility index (Phi) is 7.12. The van der Waals surface area contributed by atoms with E-state index >= 15 is 0 Å². The molecule has 0 saturated heterocycles. The second-order valence-electron chi connectivity index (χ2n) is 16.6. The Morgan fingerprint density at radius 1 is 0.367 bits per heavy atom. The Morgan fingerprint density at radius 3 is 1.53 bits per heavy atom. The highest BCUT2D eigenvalue weighted by atomic mass is 15.1. The Bertz CT molecular complexity index is 3230. The molecule has 0 aromatic heterocycles. The molecule has 1 spiro atoms. The smallest absolute Gasteiger partial charge is 0.0726 e. The van der Waals surface area contributed by atoms with Crippen LogP contribution in [0.15, 0.2) is 212 Å². The summed E-state index contributed by atoms with van der Waals surface area (Å²) in [6.07, 6.45) is 9.12. The molecule has 0 atom stereocenters. The van der Waals surface area contributed by atoms with Crippen LogP contribution < -0.4 is 4.90 Å². The molecule has 0 bridgehead atoms. The first-order valence-corrected chi connectivity index (χ1v) is 21.2. The summed E-state index contributed by atoms with van der Waals surface area (Å²) < 4.78 is 0. The lowest BCUT2D eigenvalue weighted by Gasteiger charge is -2.32. The maximum absolute atomic E-state index is 2.49. The van der Waals surface area contributed by atoms with Gasteiger partial charge in [-0.1, -0.05) is 182 Å². The van der Waals surface area contributed by atoms with Crippen LogP contribution in [0.5, 0.6) is 0 Å². The van der Waals surface area contributed by atoms with E-state index in [1.54, 1.807) is 0 Å². The van der Waals surface area contributed by atoms with Gasteiger partial charge in [-0.3, -0.25) is 0 Å². The Morgan fingerprint density at radius 2 is 0.883 bits per heavy atom. The molecule has 280 valence electrons. The molecular formula is C59H39N. The van der Waals surface area contributed by atoms with E-state index in [0.29, 0.717) is 0 Å². The summed E-state index contributed by atoms with van der Waals surface area (Å²) in [5.41, 5.74) is 24.0. The lowest BCUT2D eigenvalue weighted by atomic mass is 9.70. The standard InChI is InChI=1S/C59H39N/c1-2-14-38(15-3-1)39-28-32-41(33-29-39)60(42-34-30-40(31-35-42)43-36-37-50-45-17-5-4-16-44(45)49-22-12-21-48(43)57(49)50)56-27-13-26-55-58(56)51-20-8-11-25-54(51)59(55)52-23-9-6-18-46(52)47-19-7-10-24-53(47)59/h2,4-37H,1,3H2. The average molecular weight is 762 g/mol. The third kappa shape index (κ3) is 4.52. The number of hydrogen-bond donors (Lipinski definition) is 0. The van der Waals surface area contributed by atoms with Crippen LogP contribution in [-0.4, -0.2) is 0 Å². The maximum atomic E-state index is 2.49. The normalized spacial score (nSPS) is 14.4. The minimum absolute atomic E-state index is 0.413. The van der Waals surface area contributed by atoms with E-state index in [1.165, 1.54) is 105 Å². The minimum Gasteiger partial charge on any atom is -0.310 e. The van der Waals surface area contributed by atoms with Crippen molar-refractivity contribution >= 4 is 33.4 Å². The number of anilines is 3. The van der Waals surface area contributed by atoms with E-state index in [4.69, 9.17) is 0 Å². The van der Waals surface area contributed by atoms with Crippen LogP contribution in [0.3, 0.4) is 0 Å². The fourth-order valence-corrected chi connectivity index (χ4v) is 11.2. The second-order valence-corrected chi connectivity index (χ2v) is 16.6. The second kappa shape index (κ2) is 12.8. The molecule has 13 rings (SSSR count). The van der Waals surface area contributed by atoms with Crippen molar-refractivity contribution in [3.05, 3.63) is 240 Å². The average Bonchev–Trinajstić information content (AvgIpc) is 3.93. The Labute approximate surface area is 350 Å². The van der Waals surface area contributed by atoms with Gasteiger partial charge in [-0.15, -0.1) is 0 Å². The molecule has 1 heteroatoms. The summed E-state index contributed by atoms with van der Waals surface area (Å²) in [6.45, 7) is 0. The van der Waals surface area contributed by atoms with Crippen molar-refractivity contribution < 1.29 is 0 Å². The summed E-state index contributed by atoms with van der Waals surface area (Å²) in [5, 5.41) is 2.65. The highest BCUT2D eigenvalue weighted by Crippen LogP contribution is 2.64. The van der Waals surface area contributed by atoms with Crippen molar-refractivity contribution in [1.82, 2.24) is 0 Å². The third-order valence-electron chi connectivity index (χ3n) is 13.7. The quantitative estimate of drug-likeness (QED) is 0.169. The van der Waals surface area contributed by atoms with Crippen molar-refractivity contribution in [2.45, 2.75) is 18.3 Å². The number of allylic oxidation sites excluding steroid dienone is 4.